The van der Waals surface area contributed by atoms with Gasteiger partial charge in [-0.15, -0.1) is 0 Å². The first-order chi connectivity index (χ1) is 7.72. The van der Waals surface area contributed by atoms with Gasteiger partial charge in [0.25, 0.3) is 0 Å². The summed E-state index contributed by atoms with van der Waals surface area (Å²) in [5, 5.41) is 27.2. The Hall–Kier alpha value is -2.03. The summed E-state index contributed by atoms with van der Waals surface area (Å²) in [6, 6.07) is 8.72. The lowest BCUT2D eigenvalue weighted by Crippen LogP contribution is -2.17. The van der Waals surface area contributed by atoms with Crippen LogP contribution in [0.5, 0.6) is 0 Å². The third-order valence-corrected chi connectivity index (χ3v) is 2.20. The number of nitriles is 1. The van der Waals surface area contributed by atoms with Crippen molar-refractivity contribution < 1.29 is 10.2 Å². The van der Waals surface area contributed by atoms with Gasteiger partial charge in [-0.3, -0.25) is 4.98 Å². The molecule has 0 bridgehead atoms. The standard InChI is InChI=1S/C11H9N3O2/c12-5-10(15)11(16)9-6-13-7-3-1-2-4-8(7)14-9/h1-4,6,10-11,15-16H. The fraction of sp³-hybridized carbons (Fsp3) is 0.182. The highest BCUT2D eigenvalue weighted by Crippen LogP contribution is 2.16. The number of aliphatic hydroxyl groups excluding tert-OH is 2. The third kappa shape index (κ3) is 1.84. The van der Waals surface area contributed by atoms with Crippen LogP contribution in [-0.4, -0.2) is 26.3 Å². The minimum Gasteiger partial charge on any atom is -0.383 e. The molecule has 0 radical (unpaired) electrons. The SMILES string of the molecule is N#CC(O)C(O)c1cnc2ccccc2n1. The van der Waals surface area contributed by atoms with E-state index < -0.39 is 12.2 Å². The lowest BCUT2D eigenvalue weighted by Gasteiger charge is -2.10. The Balaban J connectivity index is 2.44. The first-order valence-corrected chi connectivity index (χ1v) is 4.70. The summed E-state index contributed by atoms with van der Waals surface area (Å²) in [5.41, 5.74) is 1.50. The fourth-order valence-corrected chi connectivity index (χ4v) is 1.35. The Kier molecular flexibility index (Phi) is 2.77. The Labute approximate surface area is 91.6 Å². The zero-order chi connectivity index (χ0) is 11.5. The van der Waals surface area contributed by atoms with Gasteiger partial charge in [-0.05, 0) is 12.1 Å². The molecule has 0 amide bonds. The molecule has 1 aromatic carbocycles. The number of rotatable bonds is 2. The number of aromatic nitrogens is 2. The van der Waals surface area contributed by atoms with Gasteiger partial charge in [0.05, 0.1) is 29.0 Å². The number of aliphatic hydroxyl groups is 2. The van der Waals surface area contributed by atoms with E-state index in [1.54, 1.807) is 24.3 Å². The second-order valence-electron chi connectivity index (χ2n) is 3.30. The highest BCUT2D eigenvalue weighted by molar-refractivity contribution is 5.73. The molecule has 0 fully saturated rings. The number of hydrogen-bond donors (Lipinski definition) is 2. The Bertz CT molecular complexity index is 550. The molecule has 2 N–H and O–H groups in total. The van der Waals surface area contributed by atoms with Crippen molar-refractivity contribution in [1.82, 2.24) is 9.97 Å². The molecule has 5 heteroatoms. The first kappa shape index (κ1) is 10.5. The second-order valence-corrected chi connectivity index (χ2v) is 3.30. The molecule has 80 valence electrons. The van der Waals surface area contributed by atoms with Crippen LogP contribution >= 0.6 is 0 Å². The van der Waals surface area contributed by atoms with E-state index in [0.29, 0.717) is 11.0 Å². The topological polar surface area (TPSA) is 90.0 Å². The lowest BCUT2D eigenvalue weighted by atomic mass is 10.1. The first-order valence-electron chi connectivity index (χ1n) is 4.70. The van der Waals surface area contributed by atoms with Crippen molar-refractivity contribution in [2.75, 3.05) is 0 Å². The summed E-state index contributed by atoms with van der Waals surface area (Å²) >= 11 is 0. The van der Waals surface area contributed by atoms with Crippen LogP contribution in [0.1, 0.15) is 11.8 Å². The largest absolute Gasteiger partial charge is 0.383 e. The molecule has 0 spiro atoms. The molecule has 0 saturated carbocycles. The summed E-state index contributed by atoms with van der Waals surface area (Å²) in [7, 11) is 0. The average molecular weight is 215 g/mol. The molecular formula is C11H9N3O2. The minimum absolute atomic E-state index is 0.188. The Morgan fingerprint density at radius 3 is 2.56 bits per heavy atom. The van der Waals surface area contributed by atoms with Gasteiger partial charge in [-0.1, -0.05) is 12.1 Å². The van der Waals surface area contributed by atoms with E-state index in [0.717, 1.165) is 0 Å². The maximum atomic E-state index is 9.57. The monoisotopic (exact) mass is 215 g/mol. The summed E-state index contributed by atoms with van der Waals surface area (Å²) < 4.78 is 0. The van der Waals surface area contributed by atoms with Crippen LogP contribution in [-0.2, 0) is 0 Å². The van der Waals surface area contributed by atoms with Gasteiger partial charge in [-0.25, -0.2) is 4.98 Å². The number of para-hydroxylation sites is 2. The Morgan fingerprint density at radius 1 is 1.19 bits per heavy atom. The van der Waals surface area contributed by atoms with E-state index in [-0.39, 0.29) is 5.69 Å². The molecule has 2 atom stereocenters. The number of hydrogen-bond acceptors (Lipinski definition) is 5. The average Bonchev–Trinajstić information content (AvgIpc) is 2.36. The van der Waals surface area contributed by atoms with Gasteiger partial charge in [0.1, 0.15) is 6.10 Å². The van der Waals surface area contributed by atoms with Crippen molar-refractivity contribution in [2.45, 2.75) is 12.2 Å². The highest BCUT2D eigenvalue weighted by Gasteiger charge is 2.19. The van der Waals surface area contributed by atoms with E-state index in [1.165, 1.54) is 6.20 Å². The van der Waals surface area contributed by atoms with Crippen LogP contribution in [0.15, 0.2) is 30.5 Å². The van der Waals surface area contributed by atoms with Crippen LogP contribution in [0, 0.1) is 11.3 Å². The van der Waals surface area contributed by atoms with Gasteiger partial charge in [-0.2, -0.15) is 5.26 Å². The summed E-state index contributed by atoms with van der Waals surface area (Å²) in [6.07, 6.45) is -1.47. The molecule has 2 unspecified atom stereocenters. The van der Waals surface area contributed by atoms with Crippen molar-refractivity contribution in [3.63, 3.8) is 0 Å². The van der Waals surface area contributed by atoms with Gasteiger partial charge in [0.15, 0.2) is 6.10 Å². The predicted octanol–water partition coefficient (Wildman–Crippen LogP) is 0.548. The van der Waals surface area contributed by atoms with E-state index in [2.05, 4.69) is 9.97 Å². The van der Waals surface area contributed by atoms with Gasteiger partial charge < -0.3 is 10.2 Å². The summed E-state index contributed by atoms with van der Waals surface area (Å²) in [5.74, 6) is 0. The molecule has 2 rings (SSSR count). The Morgan fingerprint density at radius 2 is 1.88 bits per heavy atom. The number of nitrogens with zero attached hydrogens (tertiary/aromatic N) is 3. The van der Waals surface area contributed by atoms with Crippen molar-refractivity contribution in [3.8, 4) is 6.07 Å². The molecule has 16 heavy (non-hydrogen) atoms. The van der Waals surface area contributed by atoms with Gasteiger partial charge in [0.2, 0.25) is 0 Å². The van der Waals surface area contributed by atoms with Crippen LogP contribution in [0.3, 0.4) is 0 Å². The van der Waals surface area contributed by atoms with E-state index >= 15 is 0 Å². The van der Waals surface area contributed by atoms with Crippen molar-refractivity contribution in [1.29, 1.82) is 5.26 Å². The maximum absolute atomic E-state index is 9.57. The van der Waals surface area contributed by atoms with Crippen LogP contribution in [0.25, 0.3) is 11.0 Å². The maximum Gasteiger partial charge on any atom is 0.172 e. The smallest absolute Gasteiger partial charge is 0.172 e. The van der Waals surface area contributed by atoms with Crippen molar-refractivity contribution in [3.05, 3.63) is 36.2 Å². The van der Waals surface area contributed by atoms with Crippen LogP contribution in [0.2, 0.25) is 0 Å². The zero-order valence-electron chi connectivity index (χ0n) is 8.28. The molecule has 1 aromatic heterocycles. The van der Waals surface area contributed by atoms with E-state index in [1.807, 2.05) is 6.07 Å². The molecule has 0 aliphatic carbocycles. The minimum atomic E-state index is -1.49. The van der Waals surface area contributed by atoms with E-state index in [4.69, 9.17) is 5.26 Å². The molecule has 0 aliphatic heterocycles. The van der Waals surface area contributed by atoms with Crippen LogP contribution < -0.4 is 0 Å². The fourth-order valence-electron chi connectivity index (χ4n) is 1.35. The molecule has 2 aromatic rings. The molecule has 0 saturated heterocycles. The zero-order valence-corrected chi connectivity index (χ0v) is 8.28. The summed E-state index contributed by atoms with van der Waals surface area (Å²) in [4.78, 5) is 8.20. The number of benzene rings is 1. The molecule has 0 aliphatic rings. The highest BCUT2D eigenvalue weighted by atomic mass is 16.3. The summed E-state index contributed by atoms with van der Waals surface area (Å²) in [6.45, 7) is 0. The predicted molar refractivity (Wildman–Crippen MR) is 56.1 cm³/mol. The molecular weight excluding hydrogens is 206 g/mol. The lowest BCUT2D eigenvalue weighted by molar-refractivity contribution is 0.0498. The quantitative estimate of drug-likeness (QED) is 0.714. The van der Waals surface area contributed by atoms with Crippen molar-refractivity contribution in [2.24, 2.45) is 0 Å². The number of fused-ring (bicyclic) bond motifs is 1. The normalized spacial score (nSPS) is 14.3. The van der Waals surface area contributed by atoms with Crippen LogP contribution in [0.4, 0.5) is 0 Å². The van der Waals surface area contributed by atoms with Gasteiger partial charge in [0, 0.05) is 0 Å². The third-order valence-electron chi connectivity index (χ3n) is 2.20. The van der Waals surface area contributed by atoms with Crippen molar-refractivity contribution >= 4 is 11.0 Å². The van der Waals surface area contributed by atoms with Gasteiger partial charge >= 0.3 is 0 Å². The van der Waals surface area contributed by atoms with E-state index in [9.17, 15) is 10.2 Å². The molecule has 1 heterocycles. The second kappa shape index (κ2) is 4.23. The molecule has 5 nitrogen and oxygen atoms in total.